The van der Waals surface area contributed by atoms with Gasteiger partial charge in [0.2, 0.25) is 0 Å². The summed E-state index contributed by atoms with van der Waals surface area (Å²) in [6.45, 7) is 3.31. The molecule has 0 atom stereocenters. The van der Waals surface area contributed by atoms with E-state index in [1.165, 1.54) is 4.68 Å². The monoisotopic (exact) mass is 376 g/mol. The van der Waals surface area contributed by atoms with Crippen molar-refractivity contribution in [3.05, 3.63) is 40.7 Å². The summed E-state index contributed by atoms with van der Waals surface area (Å²) in [5.74, 6) is 0.157. The van der Waals surface area contributed by atoms with Gasteiger partial charge in [-0.05, 0) is 31.9 Å². The van der Waals surface area contributed by atoms with Gasteiger partial charge in [0.05, 0.1) is 11.3 Å². The Morgan fingerprint density at radius 1 is 1.31 bits per heavy atom. The molecule has 0 unspecified atom stereocenters. The molecule has 1 aromatic heterocycles. The molecule has 1 aromatic carbocycles. The van der Waals surface area contributed by atoms with Crippen LogP contribution in [0.4, 0.5) is 5.69 Å². The summed E-state index contributed by atoms with van der Waals surface area (Å²) in [7, 11) is 1.68. The van der Waals surface area contributed by atoms with E-state index in [2.05, 4.69) is 10.4 Å². The van der Waals surface area contributed by atoms with Crippen molar-refractivity contribution in [1.29, 1.82) is 0 Å². The van der Waals surface area contributed by atoms with Gasteiger partial charge in [-0.15, -0.1) is 0 Å². The highest BCUT2D eigenvalue weighted by Gasteiger charge is 2.20. The van der Waals surface area contributed by atoms with Crippen molar-refractivity contribution in [3.63, 3.8) is 0 Å². The van der Waals surface area contributed by atoms with Gasteiger partial charge in [0.1, 0.15) is 10.9 Å². The molecule has 2 aromatic rings. The number of aryl methyl sites for hydroxylation is 2. The summed E-state index contributed by atoms with van der Waals surface area (Å²) in [5.41, 5.74) is 1.45. The number of ether oxygens (including phenoxy) is 1. The molecule has 0 radical (unpaired) electrons. The van der Waals surface area contributed by atoms with Gasteiger partial charge in [-0.1, -0.05) is 17.7 Å². The first kappa shape index (κ1) is 18.3. The molecular formula is C18H21ClN4O3. The Kier molecular flexibility index (Phi) is 5.46. The summed E-state index contributed by atoms with van der Waals surface area (Å²) in [5, 5.41) is 7.20. The Balaban J connectivity index is 1.63. The van der Waals surface area contributed by atoms with E-state index in [0.29, 0.717) is 22.7 Å². The minimum Gasteiger partial charge on any atom is -0.484 e. The highest BCUT2D eigenvalue weighted by Crippen LogP contribution is 2.22. The number of carbonyl (C=O) groups excluding carboxylic acids is 2. The summed E-state index contributed by atoms with van der Waals surface area (Å²) in [6, 6.07) is 6.92. The predicted octanol–water partition coefficient (Wildman–Crippen LogP) is 2.64. The normalized spacial score (nSPS) is 13.7. The molecule has 1 aliphatic rings. The number of benzene rings is 1. The lowest BCUT2D eigenvalue weighted by Crippen LogP contribution is -2.32. The van der Waals surface area contributed by atoms with Gasteiger partial charge in [-0.25, -0.2) is 0 Å². The zero-order valence-electron chi connectivity index (χ0n) is 14.8. The average molecular weight is 377 g/mol. The van der Waals surface area contributed by atoms with Crippen molar-refractivity contribution in [1.82, 2.24) is 14.7 Å². The molecule has 0 bridgehead atoms. The molecule has 2 amide bonds. The molecule has 1 fully saturated rings. The number of nitrogens with zero attached hydrogens (tertiary/aromatic N) is 3. The minimum atomic E-state index is -0.342. The molecule has 0 spiro atoms. The van der Waals surface area contributed by atoms with Gasteiger partial charge in [0.25, 0.3) is 11.8 Å². The number of aromatic nitrogens is 2. The Morgan fingerprint density at radius 3 is 2.69 bits per heavy atom. The number of hydrogen-bond acceptors (Lipinski definition) is 4. The number of carbonyl (C=O) groups is 2. The Hall–Kier alpha value is -2.54. The third-order valence-electron chi connectivity index (χ3n) is 4.29. The maximum absolute atomic E-state index is 12.5. The lowest BCUT2D eigenvalue weighted by atomic mass is 10.2. The SMILES string of the molecule is Cc1nn(C)c(Cl)c1C(=O)Nc1cccc(OCC(=O)N2CCCC2)c1. The number of rotatable bonds is 5. The van der Waals surface area contributed by atoms with Crippen LogP contribution in [0.2, 0.25) is 5.15 Å². The largest absolute Gasteiger partial charge is 0.484 e. The van der Waals surface area contributed by atoms with Crippen LogP contribution in [-0.4, -0.2) is 46.2 Å². The van der Waals surface area contributed by atoms with Crippen LogP contribution in [0, 0.1) is 6.92 Å². The van der Waals surface area contributed by atoms with Crippen LogP contribution in [-0.2, 0) is 11.8 Å². The van der Waals surface area contributed by atoms with Crippen molar-refractivity contribution < 1.29 is 14.3 Å². The fourth-order valence-electron chi connectivity index (χ4n) is 2.95. The van der Waals surface area contributed by atoms with Gasteiger partial charge >= 0.3 is 0 Å². The number of halogens is 1. The van der Waals surface area contributed by atoms with Crippen LogP contribution >= 0.6 is 11.6 Å². The standard InChI is InChI=1S/C18H21ClN4O3/c1-12-16(17(19)22(2)21-12)18(25)20-13-6-5-7-14(10-13)26-11-15(24)23-8-3-4-9-23/h5-7,10H,3-4,8-9,11H2,1-2H3,(H,20,25). The maximum atomic E-state index is 12.5. The Bertz CT molecular complexity index is 828. The number of amides is 2. The van der Waals surface area contributed by atoms with Crippen LogP contribution < -0.4 is 10.1 Å². The second-order valence-electron chi connectivity index (χ2n) is 6.23. The molecule has 1 saturated heterocycles. The van der Waals surface area contributed by atoms with Gasteiger partial charge in [0.15, 0.2) is 6.61 Å². The fourth-order valence-corrected chi connectivity index (χ4v) is 3.21. The van der Waals surface area contributed by atoms with E-state index < -0.39 is 0 Å². The van der Waals surface area contributed by atoms with Crippen molar-refractivity contribution in [2.75, 3.05) is 25.0 Å². The van der Waals surface area contributed by atoms with E-state index in [-0.39, 0.29) is 23.6 Å². The topological polar surface area (TPSA) is 76.5 Å². The highest BCUT2D eigenvalue weighted by atomic mass is 35.5. The predicted molar refractivity (Wildman–Crippen MR) is 98.7 cm³/mol. The number of nitrogens with one attached hydrogen (secondary N) is 1. The third kappa shape index (κ3) is 3.99. The molecule has 1 N–H and O–H groups in total. The second kappa shape index (κ2) is 7.78. The first-order valence-electron chi connectivity index (χ1n) is 8.47. The molecule has 2 heterocycles. The maximum Gasteiger partial charge on any atom is 0.260 e. The van der Waals surface area contributed by atoms with Crippen LogP contribution in [0.3, 0.4) is 0 Å². The quantitative estimate of drug-likeness (QED) is 0.870. The first-order valence-corrected chi connectivity index (χ1v) is 8.84. The van der Waals surface area contributed by atoms with Crippen LogP contribution in [0.15, 0.2) is 24.3 Å². The molecule has 7 nitrogen and oxygen atoms in total. The molecule has 26 heavy (non-hydrogen) atoms. The van der Waals surface area contributed by atoms with Crippen LogP contribution in [0.5, 0.6) is 5.75 Å². The zero-order valence-corrected chi connectivity index (χ0v) is 15.5. The number of likely N-dealkylation sites (tertiary alicyclic amines) is 1. The summed E-state index contributed by atoms with van der Waals surface area (Å²) in [4.78, 5) is 26.3. The lowest BCUT2D eigenvalue weighted by Gasteiger charge is -2.15. The second-order valence-corrected chi connectivity index (χ2v) is 6.59. The Labute approximate surface area is 156 Å². The molecular weight excluding hydrogens is 356 g/mol. The van der Waals surface area contributed by atoms with E-state index in [0.717, 1.165) is 25.9 Å². The van der Waals surface area contributed by atoms with Gasteiger partial charge in [-0.2, -0.15) is 5.10 Å². The molecule has 8 heteroatoms. The molecule has 0 saturated carbocycles. The van der Waals surface area contributed by atoms with Crippen molar-refractivity contribution in [2.45, 2.75) is 19.8 Å². The van der Waals surface area contributed by atoms with E-state index in [4.69, 9.17) is 16.3 Å². The fraction of sp³-hybridized carbons (Fsp3) is 0.389. The molecule has 3 rings (SSSR count). The Morgan fingerprint density at radius 2 is 2.04 bits per heavy atom. The van der Waals surface area contributed by atoms with Crippen molar-refractivity contribution in [2.24, 2.45) is 7.05 Å². The zero-order chi connectivity index (χ0) is 18.7. The molecule has 0 aliphatic carbocycles. The van der Waals surface area contributed by atoms with Gasteiger partial charge in [-0.3, -0.25) is 14.3 Å². The average Bonchev–Trinajstić information content (AvgIpc) is 3.22. The molecule has 1 aliphatic heterocycles. The third-order valence-corrected chi connectivity index (χ3v) is 4.73. The van der Waals surface area contributed by atoms with E-state index in [1.54, 1.807) is 43.1 Å². The molecule has 138 valence electrons. The van der Waals surface area contributed by atoms with E-state index in [1.807, 2.05) is 0 Å². The van der Waals surface area contributed by atoms with E-state index in [9.17, 15) is 9.59 Å². The van der Waals surface area contributed by atoms with E-state index >= 15 is 0 Å². The van der Waals surface area contributed by atoms with Crippen LogP contribution in [0.1, 0.15) is 28.9 Å². The summed E-state index contributed by atoms with van der Waals surface area (Å²) >= 11 is 6.13. The van der Waals surface area contributed by atoms with Gasteiger partial charge in [0, 0.05) is 31.9 Å². The summed E-state index contributed by atoms with van der Waals surface area (Å²) < 4.78 is 7.03. The highest BCUT2D eigenvalue weighted by molar-refractivity contribution is 6.33. The van der Waals surface area contributed by atoms with Gasteiger partial charge < -0.3 is 15.0 Å². The minimum absolute atomic E-state index is 0.00899. The van der Waals surface area contributed by atoms with Crippen LogP contribution in [0.25, 0.3) is 0 Å². The lowest BCUT2D eigenvalue weighted by molar-refractivity contribution is -0.132. The number of anilines is 1. The summed E-state index contributed by atoms with van der Waals surface area (Å²) in [6.07, 6.45) is 2.09. The van der Waals surface area contributed by atoms with Crippen molar-refractivity contribution in [3.8, 4) is 5.75 Å². The smallest absolute Gasteiger partial charge is 0.260 e. The first-order chi connectivity index (χ1) is 12.5. The number of hydrogen-bond donors (Lipinski definition) is 1. The van der Waals surface area contributed by atoms with Crippen molar-refractivity contribution >= 4 is 29.1 Å².